The molecule has 0 bridgehead atoms. The van der Waals surface area contributed by atoms with Crippen molar-refractivity contribution in [1.82, 2.24) is 10.2 Å². The number of carbonyl (C=O) groups is 1. The van der Waals surface area contributed by atoms with Crippen LogP contribution in [0.15, 0.2) is 24.3 Å². The number of likely N-dealkylation sites (tertiary alicyclic amines) is 1. The molecule has 2 aliphatic heterocycles. The smallest absolute Gasteiger partial charge is 0.251 e. The van der Waals surface area contributed by atoms with E-state index in [1.807, 2.05) is 0 Å². The van der Waals surface area contributed by atoms with E-state index in [1.165, 1.54) is 43.1 Å². The fourth-order valence-corrected chi connectivity index (χ4v) is 5.46. The number of nitrogens with zero attached hydrogens (tertiary/aromatic N) is 2. The molecular formula is C20H31N3O3S. The Bertz CT molecular complexity index is 710. The molecule has 0 aliphatic carbocycles. The van der Waals surface area contributed by atoms with Crippen LogP contribution in [0.3, 0.4) is 0 Å². The van der Waals surface area contributed by atoms with Gasteiger partial charge in [0.1, 0.15) is 0 Å². The maximum Gasteiger partial charge on any atom is 0.251 e. The Morgan fingerprint density at radius 3 is 2.26 bits per heavy atom. The lowest BCUT2D eigenvalue weighted by Gasteiger charge is -2.28. The summed E-state index contributed by atoms with van der Waals surface area (Å²) in [5.74, 6) is 0.102. The Morgan fingerprint density at radius 1 is 0.926 bits per heavy atom. The van der Waals surface area contributed by atoms with Crippen molar-refractivity contribution >= 4 is 21.6 Å². The Balaban J connectivity index is 1.46. The minimum Gasteiger partial charge on any atom is -0.352 e. The van der Waals surface area contributed by atoms with E-state index in [0.717, 1.165) is 25.8 Å². The molecule has 27 heavy (non-hydrogen) atoms. The van der Waals surface area contributed by atoms with E-state index in [-0.39, 0.29) is 11.7 Å². The average Bonchev–Trinajstić information content (AvgIpc) is 2.94. The lowest BCUT2D eigenvalue weighted by molar-refractivity contribution is 0.0951. The van der Waals surface area contributed by atoms with Gasteiger partial charge in [0, 0.05) is 18.7 Å². The minimum atomic E-state index is -3.21. The van der Waals surface area contributed by atoms with Gasteiger partial charge in [-0.05, 0) is 76.0 Å². The summed E-state index contributed by atoms with van der Waals surface area (Å²) in [6, 6.07) is 6.89. The highest BCUT2D eigenvalue weighted by atomic mass is 32.2. The van der Waals surface area contributed by atoms with Crippen LogP contribution >= 0.6 is 0 Å². The molecular weight excluding hydrogens is 362 g/mol. The summed E-state index contributed by atoms with van der Waals surface area (Å²) in [4.78, 5) is 14.8. The molecule has 1 aromatic rings. The van der Waals surface area contributed by atoms with Gasteiger partial charge in [-0.2, -0.15) is 0 Å². The van der Waals surface area contributed by atoms with Crippen molar-refractivity contribution in [3.8, 4) is 0 Å². The van der Waals surface area contributed by atoms with E-state index >= 15 is 0 Å². The number of anilines is 1. The van der Waals surface area contributed by atoms with Crippen molar-refractivity contribution in [3.05, 3.63) is 29.8 Å². The average molecular weight is 394 g/mol. The quantitative estimate of drug-likeness (QED) is 0.755. The molecule has 6 nitrogen and oxygen atoms in total. The van der Waals surface area contributed by atoms with Crippen LogP contribution in [0.25, 0.3) is 0 Å². The number of sulfonamides is 1. The van der Waals surface area contributed by atoms with Crippen molar-refractivity contribution in [2.75, 3.05) is 42.8 Å². The Labute approximate surface area is 163 Å². The van der Waals surface area contributed by atoms with Crippen LogP contribution in [0.2, 0.25) is 0 Å². The number of hydrogen-bond donors (Lipinski definition) is 1. The molecule has 2 fully saturated rings. The molecule has 2 aliphatic rings. The SMILES string of the molecule is O=C(NCCCN1CCCCCC1)c1ccc(N2CCCCS2(=O)=O)cc1. The van der Waals surface area contributed by atoms with E-state index < -0.39 is 10.0 Å². The molecule has 0 atom stereocenters. The summed E-state index contributed by atoms with van der Waals surface area (Å²) >= 11 is 0. The van der Waals surface area contributed by atoms with Gasteiger partial charge in [0.05, 0.1) is 11.4 Å². The van der Waals surface area contributed by atoms with Gasteiger partial charge in [0.25, 0.3) is 5.91 Å². The van der Waals surface area contributed by atoms with Crippen LogP contribution in [0, 0.1) is 0 Å². The van der Waals surface area contributed by atoms with E-state index in [9.17, 15) is 13.2 Å². The van der Waals surface area contributed by atoms with E-state index in [0.29, 0.717) is 24.3 Å². The molecule has 2 heterocycles. The highest BCUT2D eigenvalue weighted by Gasteiger charge is 2.25. The summed E-state index contributed by atoms with van der Waals surface area (Å²) < 4.78 is 25.8. The molecule has 2 saturated heterocycles. The zero-order chi connectivity index (χ0) is 19.1. The zero-order valence-electron chi connectivity index (χ0n) is 16.0. The molecule has 0 aromatic heterocycles. The predicted octanol–water partition coefficient (Wildman–Crippen LogP) is 2.61. The van der Waals surface area contributed by atoms with Gasteiger partial charge in [-0.25, -0.2) is 8.42 Å². The molecule has 0 spiro atoms. The summed E-state index contributed by atoms with van der Waals surface area (Å²) in [6.45, 7) is 4.57. The summed E-state index contributed by atoms with van der Waals surface area (Å²) in [5, 5.41) is 2.97. The summed E-state index contributed by atoms with van der Waals surface area (Å²) in [6.07, 6.45) is 7.78. The third-order valence-corrected chi connectivity index (χ3v) is 7.27. The molecule has 1 N–H and O–H groups in total. The van der Waals surface area contributed by atoms with Gasteiger partial charge in [-0.15, -0.1) is 0 Å². The second-order valence-corrected chi connectivity index (χ2v) is 9.52. The van der Waals surface area contributed by atoms with E-state index in [4.69, 9.17) is 0 Å². The summed E-state index contributed by atoms with van der Waals surface area (Å²) in [7, 11) is -3.21. The summed E-state index contributed by atoms with van der Waals surface area (Å²) in [5.41, 5.74) is 1.22. The molecule has 0 unspecified atom stereocenters. The van der Waals surface area contributed by atoms with Crippen LogP contribution < -0.4 is 9.62 Å². The highest BCUT2D eigenvalue weighted by Crippen LogP contribution is 2.23. The molecule has 150 valence electrons. The van der Waals surface area contributed by atoms with Gasteiger partial charge >= 0.3 is 0 Å². The van der Waals surface area contributed by atoms with Crippen LogP contribution in [0.1, 0.15) is 55.3 Å². The standard InChI is InChI=1S/C20H31N3O3S/c24-20(21-12-7-15-22-13-3-1-2-4-14-22)18-8-10-19(11-9-18)23-16-5-6-17-27(23,25)26/h8-11H,1-7,12-17H2,(H,21,24). The predicted molar refractivity (Wildman–Crippen MR) is 109 cm³/mol. The minimum absolute atomic E-state index is 0.0982. The molecule has 1 amide bonds. The molecule has 0 saturated carbocycles. The van der Waals surface area contributed by atoms with Crippen molar-refractivity contribution in [2.45, 2.75) is 44.9 Å². The topological polar surface area (TPSA) is 69.7 Å². The fourth-order valence-electron chi connectivity index (χ4n) is 3.82. The third-order valence-electron chi connectivity index (χ3n) is 5.40. The molecule has 7 heteroatoms. The number of benzene rings is 1. The van der Waals surface area contributed by atoms with Crippen LogP contribution in [0.4, 0.5) is 5.69 Å². The lowest BCUT2D eigenvalue weighted by atomic mass is 10.2. The van der Waals surface area contributed by atoms with Gasteiger partial charge in [-0.1, -0.05) is 12.8 Å². The first kappa shape index (κ1) is 20.1. The van der Waals surface area contributed by atoms with Crippen molar-refractivity contribution < 1.29 is 13.2 Å². The van der Waals surface area contributed by atoms with E-state index in [1.54, 1.807) is 24.3 Å². The Kier molecular flexibility index (Phi) is 7.13. The maximum atomic E-state index is 12.3. The number of hydrogen-bond acceptors (Lipinski definition) is 4. The Morgan fingerprint density at radius 2 is 1.59 bits per heavy atom. The van der Waals surface area contributed by atoms with Gasteiger partial charge < -0.3 is 10.2 Å². The van der Waals surface area contributed by atoms with Crippen LogP contribution in [-0.4, -0.2) is 57.7 Å². The highest BCUT2D eigenvalue weighted by molar-refractivity contribution is 7.92. The first-order valence-corrected chi connectivity index (χ1v) is 11.8. The van der Waals surface area contributed by atoms with E-state index in [2.05, 4.69) is 10.2 Å². The third kappa shape index (κ3) is 5.69. The van der Waals surface area contributed by atoms with Gasteiger partial charge in [0.15, 0.2) is 0 Å². The molecule has 3 rings (SSSR count). The van der Waals surface area contributed by atoms with Crippen LogP contribution in [-0.2, 0) is 10.0 Å². The number of amides is 1. The first-order chi connectivity index (χ1) is 13.1. The number of rotatable bonds is 6. The number of carbonyl (C=O) groups excluding carboxylic acids is 1. The van der Waals surface area contributed by atoms with Crippen molar-refractivity contribution in [1.29, 1.82) is 0 Å². The molecule has 0 radical (unpaired) electrons. The van der Waals surface area contributed by atoms with Gasteiger partial charge in [-0.3, -0.25) is 9.10 Å². The van der Waals surface area contributed by atoms with Crippen molar-refractivity contribution in [3.63, 3.8) is 0 Å². The normalized spacial score (nSPS) is 20.8. The lowest BCUT2D eigenvalue weighted by Crippen LogP contribution is -2.37. The fraction of sp³-hybridized carbons (Fsp3) is 0.650. The monoisotopic (exact) mass is 393 g/mol. The van der Waals surface area contributed by atoms with Crippen molar-refractivity contribution in [2.24, 2.45) is 0 Å². The maximum absolute atomic E-state index is 12.3. The second kappa shape index (κ2) is 9.55. The molecule has 1 aromatic carbocycles. The largest absolute Gasteiger partial charge is 0.352 e. The Hall–Kier alpha value is -1.60. The number of nitrogens with one attached hydrogen (secondary N) is 1. The van der Waals surface area contributed by atoms with Gasteiger partial charge in [0.2, 0.25) is 10.0 Å². The first-order valence-electron chi connectivity index (χ1n) is 10.2. The second-order valence-electron chi connectivity index (χ2n) is 7.51. The zero-order valence-corrected chi connectivity index (χ0v) is 16.8. The van der Waals surface area contributed by atoms with Crippen LogP contribution in [0.5, 0.6) is 0 Å².